The molecule has 0 aromatic carbocycles. The summed E-state index contributed by atoms with van der Waals surface area (Å²) in [5, 5.41) is 9.04. The molecule has 0 bridgehead atoms. The number of carbonyl (C=O) groups is 1. The van der Waals surface area contributed by atoms with Crippen LogP contribution in [0.4, 0.5) is 4.79 Å². The van der Waals surface area contributed by atoms with Crippen molar-refractivity contribution in [1.82, 2.24) is 16.0 Å². The standard InChI is InChI=1S/C14H30N4O2/c1-11(2)7-8-16-12(15-6)17-9-10-18-13(19)20-14(3,4)5/h11H,7-10H2,1-6H3,(H,18,19)(H2,15,16,17). The smallest absolute Gasteiger partial charge is 0.407 e. The van der Waals surface area contributed by atoms with Crippen LogP contribution < -0.4 is 16.0 Å². The van der Waals surface area contributed by atoms with Crippen molar-refractivity contribution in [3.63, 3.8) is 0 Å². The van der Waals surface area contributed by atoms with E-state index in [1.807, 2.05) is 20.8 Å². The third kappa shape index (κ3) is 11.6. The van der Waals surface area contributed by atoms with Crippen LogP contribution >= 0.6 is 0 Å². The Morgan fingerprint density at radius 2 is 1.65 bits per heavy atom. The molecule has 0 saturated carbocycles. The Morgan fingerprint density at radius 3 is 2.15 bits per heavy atom. The minimum Gasteiger partial charge on any atom is -0.444 e. The van der Waals surface area contributed by atoms with Gasteiger partial charge in [-0.15, -0.1) is 0 Å². The number of nitrogens with one attached hydrogen (secondary N) is 3. The van der Waals surface area contributed by atoms with Crippen molar-refractivity contribution >= 4 is 12.1 Å². The van der Waals surface area contributed by atoms with Crippen molar-refractivity contribution < 1.29 is 9.53 Å². The lowest BCUT2D eigenvalue weighted by Gasteiger charge is -2.20. The number of alkyl carbamates (subject to hydrolysis) is 1. The number of amides is 1. The second-order valence-corrected chi connectivity index (χ2v) is 6.04. The van der Waals surface area contributed by atoms with E-state index < -0.39 is 11.7 Å². The van der Waals surface area contributed by atoms with E-state index in [1.54, 1.807) is 7.05 Å². The minimum atomic E-state index is -0.466. The summed E-state index contributed by atoms with van der Waals surface area (Å²) in [5.41, 5.74) is -0.466. The highest BCUT2D eigenvalue weighted by atomic mass is 16.6. The highest BCUT2D eigenvalue weighted by Gasteiger charge is 2.15. The third-order valence-electron chi connectivity index (χ3n) is 2.32. The molecule has 0 spiro atoms. The van der Waals surface area contributed by atoms with Gasteiger partial charge in [0.15, 0.2) is 5.96 Å². The SMILES string of the molecule is CN=C(NCCNC(=O)OC(C)(C)C)NCCC(C)C. The molecule has 6 heteroatoms. The first kappa shape index (κ1) is 18.5. The number of aliphatic imine (C=N–C) groups is 1. The number of rotatable bonds is 6. The van der Waals surface area contributed by atoms with Gasteiger partial charge in [0.1, 0.15) is 5.60 Å². The fourth-order valence-electron chi connectivity index (χ4n) is 1.36. The van der Waals surface area contributed by atoms with Crippen LogP contribution in [-0.4, -0.2) is 44.3 Å². The fourth-order valence-corrected chi connectivity index (χ4v) is 1.36. The van der Waals surface area contributed by atoms with Crippen LogP contribution in [0.15, 0.2) is 4.99 Å². The molecule has 0 radical (unpaired) electrons. The van der Waals surface area contributed by atoms with Crippen LogP contribution in [0, 0.1) is 5.92 Å². The Bertz CT molecular complexity index is 309. The van der Waals surface area contributed by atoms with Crippen LogP contribution in [0.25, 0.3) is 0 Å². The van der Waals surface area contributed by atoms with Crippen molar-refractivity contribution in [2.45, 2.75) is 46.6 Å². The van der Waals surface area contributed by atoms with E-state index in [0.29, 0.717) is 19.0 Å². The summed E-state index contributed by atoms with van der Waals surface area (Å²) >= 11 is 0. The van der Waals surface area contributed by atoms with Gasteiger partial charge in [-0.3, -0.25) is 4.99 Å². The number of ether oxygens (including phenoxy) is 1. The molecule has 6 nitrogen and oxygen atoms in total. The van der Waals surface area contributed by atoms with E-state index in [0.717, 1.165) is 18.9 Å². The van der Waals surface area contributed by atoms with Gasteiger partial charge < -0.3 is 20.7 Å². The van der Waals surface area contributed by atoms with Gasteiger partial charge in [-0.1, -0.05) is 13.8 Å². The predicted molar refractivity (Wildman–Crippen MR) is 83.1 cm³/mol. The molecule has 0 heterocycles. The molecule has 0 fully saturated rings. The zero-order valence-corrected chi connectivity index (χ0v) is 13.7. The fraction of sp³-hybridized carbons (Fsp3) is 0.857. The van der Waals surface area contributed by atoms with Gasteiger partial charge in [-0.25, -0.2) is 4.79 Å². The maximum atomic E-state index is 11.4. The average molecular weight is 286 g/mol. The van der Waals surface area contributed by atoms with Gasteiger partial charge in [0.2, 0.25) is 0 Å². The van der Waals surface area contributed by atoms with Gasteiger partial charge in [0, 0.05) is 26.7 Å². The summed E-state index contributed by atoms with van der Waals surface area (Å²) in [6, 6.07) is 0. The maximum absolute atomic E-state index is 11.4. The Hall–Kier alpha value is -1.46. The number of guanidine groups is 1. The molecule has 0 saturated heterocycles. The number of hydrogen-bond acceptors (Lipinski definition) is 3. The van der Waals surface area contributed by atoms with Gasteiger partial charge in [0.25, 0.3) is 0 Å². The highest BCUT2D eigenvalue weighted by Crippen LogP contribution is 2.05. The van der Waals surface area contributed by atoms with Gasteiger partial charge in [-0.05, 0) is 33.1 Å². The molecular weight excluding hydrogens is 256 g/mol. The lowest BCUT2D eigenvalue weighted by Crippen LogP contribution is -2.42. The lowest BCUT2D eigenvalue weighted by molar-refractivity contribution is 0.0529. The Kier molecular flexibility index (Phi) is 8.76. The van der Waals surface area contributed by atoms with Crippen molar-refractivity contribution in [3.05, 3.63) is 0 Å². The third-order valence-corrected chi connectivity index (χ3v) is 2.32. The second kappa shape index (κ2) is 9.44. The summed E-state index contributed by atoms with van der Waals surface area (Å²) < 4.78 is 5.14. The molecule has 0 atom stereocenters. The molecule has 0 aliphatic carbocycles. The summed E-state index contributed by atoms with van der Waals surface area (Å²) in [4.78, 5) is 15.5. The summed E-state index contributed by atoms with van der Waals surface area (Å²) in [6.07, 6.45) is 0.693. The first-order valence-electron chi connectivity index (χ1n) is 7.16. The van der Waals surface area contributed by atoms with Crippen LogP contribution in [0.3, 0.4) is 0 Å². The van der Waals surface area contributed by atoms with Gasteiger partial charge in [0.05, 0.1) is 0 Å². The zero-order valence-electron chi connectivity index (χ0n) is 13.7. The average Bonchev–Trinajstić information content (AvgIpc) is 2.29. The summed E-state index contributed by atoms with van der Waals surface area (Å²) in [7, 11) is 1.73. The molecule has 0 unspecified atom stereocenters. The molecule has 3 N–H and O–H groups in total. The topological polar surface area (TPSA) is 74.8 Å². The molecule has 0 rings (SSSR count). The molecule has 0 aromatic heterocycles. The van der Waals surface area contributed by atoms with E-state index in [9.17, 15) is 4.79 Å². The van der Waals surface area contributed by atoms with Gasteiger partial charge >= 0.3 is 6.09 Å². The number of carbonyl (C=O) groups excluding carboxylic acids is 1. The van der Waals surface area contributed by atoms with E-state index in [1.165, 1.54) is 0 Å². The summed E-state index contributed by atoms with van der Waals surface area (Å²) in [5.74, 6) is 1.41. The van der Waals surface area contributed by atoms with Crippen LogP contribution in [-0.2, 0) is 4.74 Å². The molecule has 0 aromatic rings. The van der Waals surface area contributed by atoms with E-state index in [-0.39, 0.29) is 0 Å². The predicted octanol–water partition coefficient (Wildman–Crippen LogP) is 1.72. The normalized spacial score (nSPS) is 12.2. The number of nitrogens with zero attached hydrogens (tertiary/aromatic N) is 1. The van der Waals surface area contributed by atoms with E-state index in [4.69, 9.17) is 4.74 Å². The second-order valence-electron chi connectivity index (χ2n) is 6.04. The molecule has 20 heavy (non-hydrogen) atoms. The first-order chi connectivity index (χ1) is 9.24. The molecule has 1 amide bonds. The number of hydrogen-bond donors (Lipinski definition) is 3. The lowest BCUT2D eigenvalue weighted by atomic mass is 10.1. The van der Waals surface area contributed by atoms with Gasteiger partial charge in [-0.2, -0.15) is 0 Å². The quantitative estimate of drug-likeness (QED) is 0.395. The van der Waals surface area contributed by atoms with E-state index >= 15 is 0 Å². The molecule has 0 aliphatic rings. The highest BCUT2D eigenvalue weighted by molar-refractivity contribution is 5.79. The van der Waals surface area contributed by atoms with Crippen molar-refractivity contribution in [2.24, 2.45) is 10.9 Å². The van der Waals surface area contributed by atoms with Crippen molar-refractivity contribution in [2.75, 3.05) is 26.7 Å². The van der Waals surface area contributed by atoms with Crippen molar-refractivity contribution in [1.29, 1.82) is 0 Å². The molecular formula is C14H30N4O2. The summed E-state index contributed by atoms with van der Waals surface area (Å²) in [6.45, 7) is 11.9. The largest absolute Gasteiger partial charge is 0.444 e. The Labute approximate surface area is 122 Å². The van der Waals surface area contributed by atoms with E-state index in [2.05, 4.69) is 34.8 Å². The maximum Gasteiger partial charge on any atom is 0.407 e. The molecule has 0 aliphatic heterocycles. The minimum absolute atomic E-state index is 0.401. The molecule has 118 valence electrons. The monoisotopic (exact) mass is 286 g/mol. The Balaban J connectivity index is 3.73. The van der Waals surface area contributed by atoms with Crippen molar-refractivity contribution in [3.8, 4) is 0 Å². The zero-order chi connectivity index (χ0) is 15.6. The Morgan fingerprint density at radius 1 is 1.10 bits per heavy atom. The van der Waals surface area contributed by atoms with Crippen LogP contribution in [0.1, 0.15) is 41.0 Å². The first-order valence-corrected chi connectivity index (χ1v) is 7.16. The van der Waals surface area contributed by atoms with Crippen LogP contribution in [0.5, 0.6) is 0 Å². The van der Waals surface area contributed by atoms with Crippen LogP contribution in [0.2, 0.25) is 0 Å².